The van der Waals surface area contributed by atoms with E-state index in [0.29, 0.717) is 5.92 Å². The van der Waals surface area contributed by atoms with Crippen LogP contribution in [0.3, 0.4) is 0 Å². The molecule has 13 aromatic carbocycles. The fraction of sp³-hybridized carbons (Fsp3) is 0.0256. The van der Waals surface area contributed by atoms with Crippen molar-refractivity contribution in [3.05, 3.63) is 296 Å². The molecule has 1 atom stereocenters. The summed E-state index contributed by atoms with van der Waals surface area (Å²) in [7, 11) is 0. The highest BCUT2D eigenvalue weighted by Crippen LogP contribution is 2.56. The van der Waals surface area contributed by atoms with Crippen molar-refractivity contribution in [3.63, 3.8) is 0 Å². The minimum Gasteiger partial charge on any atom is -0.311 e. The summed E-state index contributed by atoms with van der Waals surface area (Å²) in [6.07, 6.45) is 14.9. The van der Waals surface area contributed by atoms with Crippen LogP contribution >= 0.6 is 0 Å². The van der Waals surface area contributed by atoms with Gasteiger partial charge in [0.05, 0.1) is 0 Å². The lowest BCUT2D eigenvalue weighted by Crippen LogP contribution is -2.19. The van der Waals surface area contributed by atoms with Crippen molar-refractivity contribution in [1.82, 2.24) is 0 Å². The maximum Gasteiger partial charge on any atom is 0.0468 e. The Hall–Kier alpha value is -10.3. The van der Waals surface area contributed by atoms with Crippen LogP contribution in [0, 0.1) is 5.92 Å². The Kier molecular flexibility index (Phi) is 9.87. The average molecular weight is 1020 g/mol. The van der Waals surface area contributed by atoms with Gasteiger partial charge in [0.25, 0.3) is 0 Å². The molecule has 2 heteroatoms. The van der Waals surface area contributed by atoms with Crippen molar-refractivity contribution in [1.29, 1.82) is 0 Å². The van der Waals surface area contributed by atoms with Crippen LogP contribution in [0.5, 0.6) is 0 Å². The first-order valence-electron chi connectivity index (χ1n) is 28.0. The van der Waals surface area contributed by atoms with Crippen LogP contribution in [0.4, 0.5) is 28.4 Å². The van der Waals surface area contributed by atoms with Gasteiger partial charge in [0.2, 0.25) is 0 Å². The van der Waals surface area contributed by atoms with Gasteiger partial charge >= 0.3 is 0 Å². The molecule has 13 aromatic rings. The van der Waals surface area contributed by atoms with E-state index in [9.17, 15) is 0 Å². The van der Waals surface area contributed by atoms with E-state index in [2.05, 4.69) is 295 Å². The molecule has 17 rings (SSSR count). The first-order valence-corrected chi connectivity index (χ1v) is 28.0. The summed E-state index contributed by atoms with van der Waals surface area (Å²) in [4.78, 5) is 4.91. The van der Waals surface area contributed by atoms with E-state index in [-0.39, 0.29) is 0 Å². The number of fused-ring (bicyclic) bond motifs is 10. The van der Waals surface area contributed by atoms with Crippen LogP contribution in [-0.2, 0) is 0 Å². The summed E-state index contributed by atoms with van der Waals surface area (Å²) in [5.74, 6) is 0.310. The molecule has 4 aliphatic rings. The van der Waals surface area contributed by atoms with Crippen molar-refractivity contribution in [2.45, 2.75) is 6.42 Å². The zero-order valence-corrected chi connectivity index (χ0v) is 43.8. The monoisotopic (exact) mass is 1010 g/mol. The average Bonchev–Trinajstić information content (AvgIpc) is 4.08. The molecule has 0 bridgehead atoms. The van der Waals surface area contributed by atoms with E-state index >= 15 is 0 Å². The zero-order valence-electron chi connectivity index (χ0n) is 43.8. The largest absolute Gasteiger partial charge is 0.311 e. The third-order valence-corrected chi connectivity index (χ3v) is 17.6. The molecule has 2 nitrogen and oxygen atoms in total. The second-order valence-corrected chi connectivity index (χ2v) is 21.8. The van der Waals surface area contributed by atoms with Gasteiger partial charge in [-0.25, -0.2) is 0 Å². The predicted octanol–water partition coefficient (Wildman–Crippen LogP) is 21.6. The van der Waals surface area contributed by atoms with E-state index in [1.54, 1.807) is 0 Å². The number of benzene rings is 13. The molecule has 0 saturated carbocycles. The van der Waals surface area contributed by atoms with Crippen molar-refractivity contribution in [2.24, 2.45) is 5.92 Å². The highest BCUT2D eigenvalue weighted by Gasteiger charge is 2.29. The molecular weight excluding hydrogens is 965 g/mol. The van der Waals surface area contributed by atoms with Crippen molar-refractivity contribution >= 4 is 82.3 Å². The number of rotatable bonds is 8. The summed E-state index contributed by atoms with van der Waals surface area (Å²) >= 11 is 0. The number of allylic oxidation sites excluding steroid dienone is 7. The summed E-state index contributed by atoms with van der Waals surface area (Å²) in [6.45, 7) is 0. The predicted molar refractivity (Wildman–Crippen MR) is 340 cm³/mol. The molecule has 0 heterocycles. The zero-order chi connectivity index (χ0) is 52.4. The maximum absolute atomic E-state index is 2.51. The Labute approximate surface area is 465 Å². The third kappa shape index (κ3) is 6.73. The number of para-hydroxylation sites is 2. The molecule has 1 unspecified atom stereocenters. The fourth-order valence-electron chi connectivity index (χ4n) is 14.1. The van der Waals surface area contributed by atoms with E-state index in [1.807, 2.05) is 0 Å². The molecular formula is C78H50N2. The van der Waals surface area contributed by atoms with Crippen LogP contribution in [0.2, 0.25) is 0 Å². The minimum atomic E-state index is 0.310. The first kappa shape index (κ1) is 44.8. The van der Waals surface area contributed by atoms with E-state index in [4.69, 9.17) is 0 Å². The van der Waals surface area contributed by atoms with Gasteiger partial charge in [-0.2, -0.15) is 0 Å². The lowest BCUT2D eigenvalue weighted by Gasteiger charge is -2.31. The van der Waals surface area contributed by atoms with Crippen LogP contribution in [0.15, 0.2) is 296 Å². The Morgan fingerprint density at radius 3 is 1.35 bits per heavy atom. The van der Waals surface area contributed by atoms with Crippen molar-refractivity contribution < 1.29 is 0 Å². The van der Waals surface area contributed by atoms with Gasteiger partial charge in [0, 0.05) is 40.1 Å². The highest BCUT2D eigenvalue weighted by molar-refractivity contribution is 6.30. The standard InChI is InChI=1S/C78H50N2/c1-3-21-53(22-4-1)79(55-35-33-49-17-7-9-19-51(49)45-55)57-37-39-71-73(47-57)77(69-43-41-67-61-27-13-11-25-59(61)63-29-15-31-65(69)75(63)67)72-40-38-58(80(54-23-5-2-6-24-54)56-36-34-50-18-8-10-20-52(50)46-56)48-74(72)78(71)70-44-42-68-62-28-14-12-26-60(62)64-30-16-32-66(70)76(64)68/h1-19,21-48,52H,20H2. The van der Waals surface area contributed by atoms with Gasteiger partial charge in [0.1, 0.15) is 0 Å². The SMILES string of the molecule is C1=CCC2C=C(N(c3ccccc3)c3ccc4c(-c5ccc6c7c(cccc57)-c5ccccc5-6)c5cc(N(c6ccccc6)c6ccc7ccccc7c6)ccc5c(-c5ccc6c7c(cccc57)-c5ccccc5-6)c4c3)C=CC2=C1. The van der Waals surface area contributed by atoms with Crippen molar-refractivity contribution in [3.8, 4) is 66.8 Å². The second kappa shape index (κ2) is 17.6. The lowest BCUT2D eigenvalue weighted by atomic mass is 9.82. The number of hydrogen-bond acceptors (Lipinski definition) is 2. The van der Waals surface area contributed by atoms with Crippen molar-refractivity contribution in [2.75, 3.05) is 9.80 Å². The Bertz CT molecular complexity index is 4860. The Balaban J connectivity index is 1.01. The molecule has 372 valence electrons. The summed E-state index contributed by atoms with van der Waals surface area (Å²) in [5, 5.41) is 12.4. The van der Waals surface area contributed by atoms with Gasteiger partial charge in [0.15, 0.2) is 0 Å². The van der Waals surface area contributed by atoms with Gasteiger partial charge in [-0.1, -0.05) is 218 Å². The number of anilines is 5. The Morgan fingerprint density at radius 2 is 0.762 bits per heavy atom. The van der Waals surface area contributed by atoms with E-state index < -0.39 is 0 Å². The summed E-state index contributed by atoms with van der Waals surface area (Å²) in [5.41, 5.74) is 23.3. The molecule has 0 radical (unpaired) electrons. The number of hydrogen-bond donors (Lipinski definition) is 0. The molecule has 0 amide bonds. The minimum absolute atomic E-state index is 0.310. The molecule has 4 aliphatic carbocycles. The molecule has 0 N–H and O–H groups in total. The summed E-state index contributed by atoms with van der Waals surface area (Å²) in [6, 6.07) is 93.4. The fourth-order valence-corrected chi connectivity index (χ4v) is 14.1. The maximum atomic E-state index is 2.51. The van der Waals surface area contributed by atoms with Crippen LogP contribution < -0.4 is 9.80 Å². The highest BCUT2D eigenvalue weighted by atomic mass is 15.2. The summed E-state index contributed by atoms with van der Waals surface area (Å²) < 4.78 is 0. The molecule has 0 aliphatic heterocycles. The quantitative estimate of drug-likeness (QED) is 0.140. The molecule has 0 saturated heterocycles. The van der Waals surface area contributed by atoms with E-state index in [1.165, 1.54) is 132 Å². The van der Waals surface area contributed by atoms with E-state index in [0.717, 1.165) is 34.9 Å². The van der Waals surface area contributed by atoms with Gasteiger partial charge in [-0.15, -0.1) is 0 Å². The lowest BCUT2D eigenvalue weighted by molar-refractivity contribution is 0.769. The molecule has 80 heavy (non-hydrogen) atoms. The van der Waals surface area contributed by atoms with Crippen LogP contribution in [-0.4, -0.2) is 0 Å². The molecule has 0 aromatic heterocycles. The second-order valence-electron chi connectivity index (χ2n) is 21.8. The normalized spacial score (nSPS) is 14.4. The Morgan fingerprint density at radius 1 is 0.300 bits per heavy atom. The smallest absolute Gasteiger partial charge is 0.0468 e. The van der Waals surface area contributed by atoms with Crippen LogP contribution in [0.25, 0.3) is 121 Å². The first-order chi connectivity index (χ1) is 39.7. The van der Waals surface area contributed by atoms with Gasteiger partial charge in [-0.3, -0.25) is 0 Å². The van der Waals surface area contributed by atoms with Gasteiger partial charge < -0.3 is 9.80 Å². The third-order valence-electron chi connectivity index (χ3n) is 17.6. The molecule has 0 spiro atoms. The van der Waals surface area contributed by atoms with Crippen LogP contribution in [0.1, 0.15) is 6.42 Å². The molecule has 0 fully saturated rings. The van der Waals surface area contributed by atoms with Gasteiger partial charge in [-0.05, 0) is 199 Å². The topological polar surface area (TPSA) is 6.48 Å². The number of nitrogens with zero attached hydrogens (tertiary/aromatic N) is 2.